The van der Waals surface area contributed by atoms with Crippen molar-refractivity contribution in [2.75, 3.05) is 6.26 Å². The average Bonchev–Trinajstić information content (AvgIpc) is 1.65. The third-order valence-corrected chi connectivity index (χ3v) is 6.11. The van der Waals surface area contributed by atoms with E-state index in [9.17, 15) is 0 Å². The lowest BCUT2D eigenvalue weighted by molar-refractivity contribution is 1.67. The van der Waals surface area contributed by atoms with Crippen LogP contribution in [0.25, 0.3) is 0 Å². The van der Waals surface area contributed by atoms with E-state index in [0.717, 1.165) is 0 Å². The topological polar surface area (TPSA) is 0 Å². The Morgan fingerprint density at radius 3 is 1.78 bits per heavy atom. The lowest BCUT2D eigenvalue weighted by Crippen LogP contribution is -2.21. The molecule has 2 heteroatoms. The SMILES string of the molecule is C/C=C(/SC)[Si](C)(C)C. The van der Waals surface area contributed by atoms with Gasteiger partial charge in [0.15, 0.2) is 0 Å². The van der Waals surface area contributed by atoms with E-state index in [0.29, 0.717) is 0 Å². The summed E-state index contributed by atoms with van der Waals surface area (Å²) >= 11 is 1.90. The minimum absolute atomic E-state index is 0.963. The van der Waals surface area contributed by atoms with E-state index in [1.54, 1.807) is 4.53 Å². The number of allylic oxidation sites excluding steroid dienone is 1. The first-order valence-electron chi connectivity index (χ1n) is 3.23. The minimum atomic E-state index is -0.963. The van der Waals surface area contributed by atoms with Gasteiger partial charge in [-0.05, 0) is 17.7 Å². The summed E-state index contributed by atoms with van der Waals surface area (Å²) in [5.41, 5.74) is 0. The molecule has 0 aliphatic rings. The zero-order valence-electron chi connectivity index (χ0n) is 6.99. The van der Waals surface area contributed by atoms with Gasteiger partial charge in [0.2, 0.25) is 0 Å². The smallest absolute Gasteiger partial charge is 0.0852 e. The summed E-state index contributed by atoms with van der Waals surface area (Å²) < 4.78 is 1.60. The molecule has 9 heavy (non-hydrogen) atoms. The molecule has 0 bridgehead atoms. The Hall–Kier alpha value is 0.307. The van der Waals surface area contributed by atoms with Crippen LogP contribution in [0.4, 0.5) is 0 Å². The van der Waals surface area contributed by atoms with Gasteiger partial charge in [0.25, 0.3) is 0 Å². The Morgan fingerprint density at radius 2 is 1.78 bits per heavy atom. The molecule has 0 saturated carbocycles. The van der Waals surface area contributed by atoms with E-state index >= 15 is 0 Å². The molecule has 0 saturated heterocycles. The summed E-state index contributed by atoms with van der Waals surface area (Å²) in [5, 5.41) is 0. The first kappa shape index (κ1) is 9.31. The number of hydrogen-bond acceptors (Lipinski definition) is 1. The van der Waals surface area contributed by atoms with Crippen LogP contribution in [0, 0.1) is 0 Å². The molecule has 0 aromatic rings. The third kappa shape index (κ3) is 3.11. The van der Waals surface area contributed by atoms with Gasteiger partial charge in [-0.25, -0.2) is 0 Å². The van der Waals surface area contributed by atoms with Gasteiger partial charge in [-0.2, -0.15) is 0 Å². The monoisotopic (exact) mass is 160 g/mol. The molecule has 0 unspecified atom stereocenters. The molecule has 0 aliphatic heterocycles. The van der Waals surface area contributed by atoms with Gasteiger partial charge in [0.05, 0.1) is 8.07 Å². The quantitative estimate of drug-likeness (QED) is 0.559. The van der Waals surface area contributed by atoms with Crippen molar-refractivity contribution < 1.29 is 0 Å². The summed E-state index contributed by atoms with van der Waals surface area (Å²) in [6.45, 7) is 9.25. The molecule has 0 rings (SSSR count). The Balaban J connectivity index is 4.14. The van der Waals surface area contributed by atoms with Gasteiger partial charge in [0, 0.05) is 0 Å². The van der Waals surface area contributed by atoms with Crippen molar-refractivity contribution in [2.24, 2.45) is 0 Å². The first-order valence-corrected chi connectivity index (χ1v) is 7.95. The van der Waals surface area contributed by atoms with E-state index in [4.69, 9.17) is 0 Å². The Morgan fingerprint density at radius 1 is 1.33 bits per heavy atom. The highest BCUT2D eigenvalue weighted by Crippen LogP contribution is 2.23. The summed E-state index contributed by atoms with van der Waals surface area (Å²) in [7, 11) is -0.963. The van der Waals surface area contributed by atoms with E-state index in [-0.39, 0.29) is 0 Å². The summed E-state index contributed by atoms with van der Waals surface area (Å²) in [6, 6.07) is 0. The van der Waals surface area contributed by atoms with Gasteiger partial charge < -0.3 is 0 Å². The second-order valence-electron chi connectivity index (χ2n) is 3.11. The molecule has 0 fully saturated rings. The van der Waals surface area contributed by atoms with Gasteiger partial charge in [0.1, 0.15) is 0 Å². The molecular formula is C7H16SSi. The zero-order chi connectivity index (χ0) is 7.49. The van der Waals surface area contributed by atoms with Crippen molar-refractivity contribution in [1.82, 2.24) is 0 Å². The fourth-order valence-electron chi connectivity index (χ4n) is 0.857. The van der Waals surface area contributed by atoms with Crippen LogP contribution in [0.15, 0.2) is 10.6 Å². The molecule has 0 heterocycles. The fraction of sp³-hybridized carbons (Fsp3) is 0.714. The molecule has 0 atom stereocenters. The summed E-state index contributed by atoms with van der Waals surface area (Å²) in [6.07, 6.45) is 4.41. The molecular weight excluding hydrogens is 144 g/mol. The Kier molecular flexibility index (Phi) is 3.59. The van der Waals surface area contributed by atoms with Crippen LogP contribution in [0.3, 0.4) is 0 Å². The van der Waals surface area contributed by atoms with Crippen molar-refractivity contribution in [1.29, 1.82) is 0 Å². The van der Waals surface area contributed by atoms with Crippen LogP contribution >= 0.6 is 11.8 Å². The molecule has 0 N–H and O–H groups in total. The van der Waals surface area contributed by atoms with Crippen LogP contribution in [0.5, 0.6) is 0 Å². The Bertz CT molecular complexity index is 111. The maximum atomic E-state index is 2.37. The van der Waals surface area contributed by atoms with E-state index in [2.05, 4.69) is 38.9 Å². The molecule has 0 aromatic carbocycles. The highest BCUT2D eigenvalue weighted by molar-refractivity contribution is 8.04. The molecule has 0 spiro atoms. The van der Waals surface area contributed by atoms with Gasteiger partial charge >= 0.3 is 0 Å². The van der Waals surface area contributed by atoms with E-state index in [1.165, 1.54) is 0 Å². The number of hydrogen-bond donors (Lipinski definition) is 0. The first-order chi connectivity index (χ1) is 4.02. The summed E-state index contributed by atoms with van der Waals surface area (Å²) in [5.74, 6) is 0. The van der Waals surface area contributed by atoms with E-state index < -0.39 is 8.07 Å². The van der Waals surface area contributed by atoms with Gasteiger partial charge in [-0.1, -0.05) is 25.7 Å². The molecule has 0 aliphatic carbocycles. The van der Waals surface area contributed by atoms with Crippen LogP contribution in [-0.4, -0.2) is 14.3 Å². The molecule has 54 valence electrons. The van der Waals surface area contributed by atoms with Crippen molar-refractivity contribution in [3.8, 4) is 0 Å². The van der Waals surface area contributed by atoms with Crippen LogP contribution in [-0.2, 0) is 0 Å². The number of thioether (sulfide) groups is 1. The lowest BCUT2D eigenvalue weighted by Gasteiger charge is -2.17. The largest absolute Gasteiger partial charge is 0.139 e. The molecule has 0 nitrogen and oxygen atoms in total. The zero-order valence-corrected chi connectivity index (χ0v) is 8.80. The van der Waals surface area contributed by atoms with E-state index in [1.807, 2.05) is 11.8 Å². The second-order valence-corrected chi connectivity index (χ2v) is 9.36. The van der Waals surface area contributed by atoms with Gasteiger partial charge in [-0.15, -0.1) is 11.8 Å². The predicted octanol–water partition coefficient (Wildman–Crippen LogP) is 3.13. The molecule has 0 radical (unpaired) electrons. The number of rotatable bonds is 2. The van der Waals surface area contributed by atoms with Crippen molar-refractivity contribution >= 4 is 19.8 Å². The van der Waals surface area contributed by atoms with Crippen molar-refractivity contribution in [3.05, 3.63) is 10.6 Å². The maximum Gasteiger partial charge on any atom is 0.0852 e. The average molecular weight is 160 g/mol. The van der Waals surface area contributed by atoms with Gasteiger partial charge in [-0.3, -0.25) is 0 Å². The molecule has 0 aromatic heterocycles. The fourth-order valence-corrected chi connectivity index (χ4v) is 4.41. The Labute approximate surface area is 63.7 Å². The normalized spacial score (nSPS) is 14.1. The van der Waals surface area contributed by atoms with Crippen molar-refractivity contribution in [3.63, 3.8) is 0 Å². The predicted molar refractivity (Wildman–Crippen MR) is 50.6 cm³/mol. The van der Waals surface area contributed by atoms with Crippen LogP contribution in [0.1, 0.15) is 6.92 Å². The highest BCUT2D eigenvalue weighted by atomic mass is 32.2. The van der Waals surface area contributed by atoms with Crippen molar-refractivity contribution in [2.45, 2.75) is 26.6 Å². The lowest BCUT2D eigenvalue weighted by atomic mass is 10.8. The summed E-state index contributed by atoms with van der Waals surface area (Å²) in [4.78, 5) is 0. The van der Waals surface area contributed by atoms with Crippen LogP contribution < -0.4 is 0 Å². The minimum Gasteiger partial charge on any atom is -0.139 e. The maximum absolute atomic E-state index is 2.37. The standard InChI is InChI=1S/C7H16SSi/c1-6-7(8-2)9(3,4)5/h6H,1-5H3/b7-6-. The highest BCUT2D eigenvalue weighted by Gasteiger charge is 2.16. The second kappa shape index (κ2) is 3.47. The third-order valence-electron chi connectivity index (χ3n) is 1.22. The van der Waals surface area contributed by atoms with Crippen LogP contribution in [0.2, 0.25) is 19.6 Å². The molecule has 0 amide bonds.